The van der Waals surface area contributed by atoms with Crippen LogP contribution in [0.5, 0.6) is 0 Å². The standard InChI is InChI=1S/C14H10ClNO4S/c1-8-3-13-11(5-12(8)15)14(17)9(7-20-13)4-10(6-16)21(2,18)19/h3-5,7H,1-2H3. The number of fused-ring (bicyclic) bond motifs is 1. The van der Waals surface area contributed by atoms with Gasteiger partial charge < -0.3 is 4.42 Å². The molecule has 0 spiro atoms. The highest BCUT2D eigenvalue weighted by atomic mass is 35.5. The van der Waals surface area contributed by atoms with Crippen LogP contribution in [0.2, 0.25) is 5.02 Å². The average Bonchev–Trinajstić information content (AvgIpc) is 2.39. The fourth-order valence-corrected chi connectivity index (χ4v) is 2.40. The van der Waals surface area contributed by atoms with Crippen LogP contribution in [0.4, 0.5) is 0 Å². The van der Waals surface area contributed by atoms with Gasteiger partial charge in [-0.05, 0) is 30.7 Å². The van der Waals surface area contributed by atoms with Crippen LogP contribution in [0.25, 0.3) is 17.0 Å². The van der Waals surface area contributed by atoms with Crippen LogP contribution in [0.15, 0.2) is 32.5 Å². The third-order valence-corrected chi connectivity index (χ3v) is 4.29. The summed E-state index contributed by atoms with van der Waals surface area (Å²) in [6, 6.07) is 4.63. The van der Waals surface area contributed by atoms with Gasteiger partial charge in [0.1, 0.15) is 22.8 Å². The van der Waals surface area contributed by atoms with Gasteiger partial charge in [-0.25, -0.2) is 8.42 Å². The smallest absolute Gasteiger partial charge is 0.200 e. The lowest BCUT2D eigenvalue weighted by atomic mass is 10.1. The van der Waals surface area contributed by atoms with E-state index in [-0.39, 0.29) is 10.9 Å². The first-order chi connectivity index (χ1) is 9.74. The maximum absolute atomic E-state index is 12.3. The van der Waals surface area contributed by atoms with Crippen LogP contribution in [0, 0.1) is 18.3 Å². The van der Waals surface area contributed by atoms with E-state index >= 15 is 0 Å². The number of aryl methyl sites for hydroxylation is 1. The Morgan fingerprint density at radius 3 is 2.67 bits per heavy atom. The molecule has 0 amide bonds. The van der Waals surface area contributed by atoms with Crippen molar-refractivity contribution in [2.75, 3.05) is 6.26 Å². The number of sulfone groups is 1. The molecular formula is C14H10ClNO4S. The van der Waals surface area contributed by atoms with E-state index < -0.39 is 20.2 Å². The maximum Gasteiger partial charge on any atom is 0.200 e. The zero-order chi connectivity index (χ0) is 15.8. The molecule has 5 nitrogen and oxygen atoms in total. The zero-order valence-corrected chi connectivity index (χ0v) is 12.7. The molecule has 7 heteroatoms. The predicted molar refractivity (Wildman–Crippen MR) is 80.7 cm³/mol. The Bertz CT molecular complexity index is 965. The Hall–Kier alpha value is -2.10. The minimum atomic E-state index is -3.70. The molecule has 0 unspecified atom stereocenters. The van der Waals surface area contributed by atoms with Crippen molar-refractivity contribution in [3.8, 4) is 6.07 Å². The summed E-state index contributed by atoms with van der Waals surface area (Å²) in [5.74, 6) is 0. The van der Waals surface area contributed by atoms with Crippen molar-refractivity contribution in [3.63, 3.8) is 0 Å². The molecule has 1 aromatic heterocycles. The van der Waals surface area contributed by atoms with E-state index in [4.69, 9.17) is 21.3 Å². The molecule has 0 atom stereocenters. The van der Waals surface area contributed by atoms with Crippen molar-refractivity contribution in [3.05, 3.63) is 49.7 Å². The molecule has 0 saturated carbocycles. The van der Waals surface area contributed by atoms with Crippen molar-refractivity contribution in [2.45, 2.75) is 6.92 Å². The summed E-state index contributed by atoms with van der Waals surface area (Å²) in [5, 5.41) is 9.49. The number of nitriles is 1. The lowest BCUT2D eigenvalue weighted by Crippen LogP contribution is -2.07. The lowest BCUT2D eigenvalue weighted by molar-refractivity contribution is 0.600. The fraction of sp³-hybridized carbons (Fsp3) is 0.143. The second kappa shape index (κ2) is 5.35. The molecule has 0 aliphatic heterocycles. The number of nitrogens with zero attached hydrogens (tertiary/aromatic N) is 1. The molecule has 0 fully saturated rings. The van der Waals surface area contributed by atoms with Crippen molar-refractivity contribution < 1.29 is 12.8 Å². The molecule has 21 heavy (non-hydrogen) atoms. The summed E-state index contributed by atoms with van der Waals surface area (Å²) in [6.45, 7) is 1.77. The van der Waals surface area contributed by atoms with E-state index in [2.05, 4.69) is 0 Å². The molecule has 1 heterocycles. The van der Waals surface area contributed by atoms with Gasteiger partial charge in [-0.2, -0.15) is 5.26 Å². The van der Waals surface area contributed by atoms with Crippen LogP contribution in [-0.2, 0) is 9.84 Å². The van der Waals surface area contributed by atoms with Crippen molar-refractivity contribution >= 4 is 38.5 Å². The van der Waals surface area contributed by atoms with Crippen LogP contribution in [-0.4, -0.2) is 14.7 Å². The summed E-state index contributed by atoms with van der Waals surface area (Å²) in [7, 11) is -3.70. The molecule has 0 aliphatic carbocycles. The van der Waals surface area contributed by atoms with Gasteiger partial charge in [0.05, 0.1) is 10.9 Å². The lowest BCUT2D eigenvalue weighted by Gasteiger charge is -2.02. The number of halogens is 1. The topological polar surface area (TPSA) is 88.1 Å². The molecule has 108 valence electrons. The number of rotatable bonds is 2. The minimum absolute atomic E-state index is 0.0237. The summed E-state index contributed by atoms with van der Waals surface area (Å²) < 4.78 is 28.1. The molecule has 1 aromatic carbocycles. The Morgan fingerprint density at radius 1 is 1.43 bits per heavy atom. The normalized spacial score (nSPS) is 12.4. The quantitative estimate of drug-likeness (QED) is 0.793. The third-order valence-electron chi connectivity index (χ3n) is 2.88. The van der Waals surface area contributed by atoms with Gasteiger partial charge in [0, 0.05) is 11.3 Å². The Balaban J connectivity index is 2.77. The van der Waals surface area contributed by atoms with E-state index in [0.29, 0.717) is 10.6 Å². The molecule has 0 saturated heterocycles. The first-order valence-corrected chi connectivity index (χ1v) is 8.04. The third kappa shape index (κ3) is 2.99. The van der Waals surface area contributed by atoms with Gasteiger partial charge in [0.25, 0.3) is 0 Å². The molecule has 0 aliphatic rings. The van der Waals surface area contributed by atoms with Crippen LogP contribution < -0.4 is 5.43 Å². The monoisotopic (exact) mass is 323 g/mol. The molecular weight excluding hydrogens is 314 g/mol. The van der Waals surface area contributed by atoms with Crippen LogP contribution >= 0.6 is 11.6 Å². The van der Waals surface area contributed by atoms with Gasteiger partial charge in [-0.15, -0.1) is 0 Å². The highest BCUT2D eigenvalue weighted by molar-refractivity contribution is 7.95. The highest BCUT2D eigenvalue weighted by Crippen LogP contribution is 2.22. The first-order valence-electron chi connectivity index (χ1n) is 5.77. The van der Waals surface area contributed by atoms with E-state index in [1.54, 1.807) is 19.1 Å². The Kier molecular flexibility index (Phi) is 3.90. The maximum atomic E-state index is 12.3. The van der Waals surface area contributed by atoms with Crippen LogP contribution in [0.1, 0.15) is 11.1 Å². The number of benzene rings is 1. The number of hydrogen-bond acceptors (Lipinski definition) is 5. The molecule has 0 N–H and O–H groups in total. The van der Waals surface area contributed by atoms with E-state index in [1.165, 1.54) is 6.07 Å². The summed E-state index contributed by atoms with van der Waals surface area (Å²) in [6.07, 6.45) is 3.01. The van der Waals surface area contributed by atoms with Gasteiger partial charge in [-0.3, -0.25) is 4.79 Å². The molecule has 0 radical (unpaired) electrons. The summed E-state index contributed by atoms with van der Waals surface area (Å²) in [5.41, 5.74) is 0.625. The largest absolute Gasteiger partial charge is 0.463 e. The predicted octanol–water partition coefficient (Wildman–Crippen LogP) is 2.66. The Morgan fingerprint density at radius 2 is 2.10 bits per heavy atom. The zero-order valence-electron chi connectivity index (χ0n) is 11.2. The summed E-state index contributed by atoms with van der Waals surface area (Å²) >= 11 is 5.97. The first kappa shape index (κ1) is 15.3. The van der Waals surface area contributed by atoms with E-state index in [9.17, 15) is 13.2 Å². The SMILES string of the molecule is Cc1cc2occ(C=C(C#N)S(C)(=O)=O)c(=O)c2cc1Cl. The van der Waals surface area contributed by atoms with E-state index in [0.717, 1.165) is 24.2 Å². The number of allylic oxidation sites excluding steroid dienone is 1. The van der Waals surface area contributed by atoms with Crippen molar-refractivity contribution in [1.29, 1.82) is 5.26 Å². The van der Waals surface area contributed by atoms with E-state index in [1.807, 2.05) is 0 Å². The molecule has 2 aromatic rings. The van der Waals surface area contributed by atoms with Crippen LogP contribution in [0.3, 0.4) is 0 Å². The van der Waals surface area contributed by atoms with Gasteiger partial charge in [-0.1, -0.05) is 11.6 Å². The van der Waals surface area contributed by atoms with Gasteiger partial charge in [0.15, 0.2) is 15.3 Å². The van der Waals surface area contributed by atoms with Gasteiger partial charge >= 0.3 is 0 Å². The van der Waals surface area contributed by atoms with Gasteiger partial charge in [0.2, 0.25) is 0 Å². The fourth-order valence-electron chi connectivity index (χ4n) is 1.73. The average molecular weight is 324 g/mol. The minimum Gasteiger partial charge on any atom is -0.463 e. The number of hydrogen-bond donors (Lipinski definition) is 0. The Labute approximate surface area is 126 Å². The van der Waals surface area contributed by atoms with Crippen molar-refractivity contribution in [1.82, 2.24) is 0 Å². The second-order valence-electron chi connectivity index (χ2n) is 4.51. The second-order valence-corrected chi connectivity index (χ2v) is 6.90. The summed E-state index contributed by atoms with van der Waals surface area (Å²) in [4.78, 5) is 11.8. The van der Waals surface area contributed by atoms with Crippen molar-refractivity contribution in [2.24, 2.45) is 0 Å². The molecule has 0 bridgehead atoms. The molecule has 2 rings (SSSR count). The highest BCUT2D eigenvalue weighted by Gasteiger charge is 2.14.